The van der Waals surface area contributed by atoms with Gasteiger partial charge in [0.1, 0.15) is 0 Å². The number of benzene rings is 1. The Kier molecular flexibility index (Phi) is 7.21. The highest BCUT2D eigenvalue weighted by Gasteiger charge is 2.12. The Hall–Kier alpha value is -2.01. The molecule has 0 aliphatic heterocycles. The molecule has 5 heteroatoms. The van der Waals surface area contributed by atoms with Gasteiger partial charge in [0.2, 0.25) is 0 Å². The molecular formula is C15H22N2O3. The molecule has 0 unspecified atom stereocenters. The third kappa shape index (κ3) is 4.93. The number of carbonyl (C=O) groups excluding carboxylic acids is 1. The lowest BCUT2D eigenvalue weighted by atomic mass is 10.1. The predicted octanol–water partition coefficient (Wildman–Crippen LogP) is 1.27. The number of ether oxygens (including phenoxy) is 2. The van der Waals surface area contributed by atoms with Gasteiger partial charge in [-0.1, -0.05) is 18.2 Å². The van der Waals surface area contributed by atoms with Crippen LogP contribution in [0.2, 0.25) is 0 Å². The van der Waals surface area contributed by atoms with Crippen LogP contribution in [-0.4, -0.2) is 32.2 Å². The van der Waals surface area contributed by atoms with Crippen LogP contribution in [0.25, 0.3) is 0 Å². The summed E-state index contributed by atoms with van der Waals surface area (Å²) in [6, 6.07) is 5.63. The van der Waals surface area contributed by atoms with E-state index >= 15 is 0 Å². The van der Waals surface area contributed by atoms with Gasteiger partial charge in [-0.05, 0) is 31.5 Å². The molecule has 1 rings (SSSR count). The van der Waals surface area contributed by atoms with Gasteiger partial charge in [0, 0.05) is 6.54 Å². The van der Waals surface area contributed by atoms with E-state index in [1.807, 2.05) is 25.1 Å². The van der Waals surface area contributed by atoms with E-state index in [0.717, 1.165) is 5.56 Å². The van der Waals surface area contributed by atoms with Crippen LogP contribution in [0.4, 0.5) is 0 Å². The van der Waals surface area contributed by atoms with Gasteiger partial charge in [-0.3, -0.25) is 4.79 Å². The monoisotopic (exact) mass is 278 g/mol. The summed E-state index contributed by atoms with van der Waals surface area (Å²) in [7, 11) is 0. The molecule has 0 aromatic heterocycles. The number of nitrogens with one attached hydrogen (secondary N) is 1. The fourth-order valence-electron chi connectivity index (χ4n) is 1.72. The van der Waals surface area contributed by atoms with Crippen LogP contribution >= 0.6 is 0 Å². The molecule has 1 amide bonds. The Bertz CT molecular complexity index is 422. The van der Waals surface area contributed by atoms with Gasteiger partial charge in [0.15, 0.2) is 18.1 Å². The molecule has 0 radical (unpaired) electrons. The molecule has 0 aliphatic rings. The van der Waals surface area contributed by atoms with Gasteiger partial charge >= 0.3 is 0 Å². The number of carbonyl (C=O) groups is 1. The molecule has 3 N–H and O–H groups in total. The van der Waals surface area contributed by atoms with Crippen LogP contribution in [0.1, 0.15) is 12.5 Å². The highest BCUT2D eigenvalue weighted by molar-refractivity contribution is 5.77. The van der Waals surface area contributed by atoms with Crippen molar-refractivity contribution < 1.29 is 14.3 Å². The standard InChI is InChI=1S/C15H22N2O3/c1-3-10-17-14(18)11-20-15-12(8-9-16)6-5-7-13(15)19-4-2/h3,5-7H,1,4,8-11,16H2,2H3,(H,17,18). The van der Waals surface area contributed by atoms with E-state index in [0.29, 0.717) is 37.6 Å². The fourth-order valence-corrected chi connectivity index (χ4v) is 1.72. The molecule has 0 bridgehead atoms. The third-order valence-electron chi connectivity index (χ3n) is 2.57. The molecule has 0 saturated carbocycles. The van der Waals surface area contributed by atoms with E-state index in [4.69, 9.17) is 15.2 Å². The SMILES string of the molecule is C=CCNC(=O)COc1c(CCN)cccc1OCC. The van der Waals surface area contributed by atoms with Crippen LogP contribution in [0, 0.1) is 0 Å². The number of hydrogen-bond donors (Lipinski definition) is 2. The maximum absolute atomic E-state index is 11.6. The maximum Gasteiger partial charge on any atom is 0.258 e. The summed E-state index contributed by atoms with van der Waals surface area (Å²) in [6.45, 7) is 6.84. The molecular weight excluding hydrogens is 256 g/mol. The molecule has 0 spiro atoms. The fraction of sp³-hybridized carbons (Fsp3) is 0.400. The molecule has 0 aliphatic carbocycles. The number of amides is 1. The highest BCUT2D eigenvalue weighted by atomic mass is 16.5. The summed E-state index contributed by atoms with van der Waals surface area (Å²) in [5, 5.41) is 2.66. The second-order valence-corrected chi connectivity index (χ2v) is 4.10. The zero-order chi connectivity index (χ0) is 14.8. The van der Waals surface area contributed by atoms with Crippen molar-refractivity contribution in [3.05, 3.63) is 36.4 Å². The van der Waals surface area contributed by atoms with Crippen molar-refractivity contribution in [2.24, 2.45) is 5.73 Å². The molecule has 1 aromatic rings. The van der Waals surface area contributed by atoms with Crippen molar-refractivity contribution in [1.82, 2.24) is 5.32 Å². The first kappa shape index (κ1) is 16.0. The lowest BCUT2D eigenvalue weighted by molar-refractivity contribution is -0.122. The van der Waals surface area contributed by atoms with Crippen molar-refractivity contribution >= 4 is 5.91 Å². The minimum atomic E-state index is -0.199. The van der Waals surface area contributed by atoms with Gasteiger partial charge < -0.3 is 20.5 Å². The Labute approximate surface area is 119 Å². The summed E-state index contributed by atoms with van der Waals surface area (Å²) in [6.07, 6.45) is 2.29. The molecule has 5 nitrogen and oxygen atoms in total. The van der Waals surface area contributed by atoms with Gasteiger partial charge in [-0.15, -0.1) is 6.58 Å². The van der Waals surface area contributed by atoms with Crippen LogP contribution in [0.5, 0.6) is 11.5 Å². The molecule has 0 saturated heterocycles. The van der Waals surface area contributed by atoms with Gasteiger partial charge in [0.05, 0.1) is 6.61 Å². The second kappa shape index (κ2) is 8.98. The number of rotatable bonds is 9. The summed E-state index contributed by atoms with van der Waals surface area (Å²) in [4.78, 5) is 11.6. The zero-order valence-electron chi connectivity index (χ0n) is 11.9. The summed E-state index contributed by atoms with van der Waals surface area (Å²) in [5.74, 6) is 1.03. The van der Waals surface area contributed by atoms with E-state index in [1.54, 1.807) is 6.08 Å². The van der Waals surface area contributed by atoms with Crippen molar-refractivity contribution in [1.29, 1.82) is 0 Å². The number of hydrogen-bond acceptors (Lipinski definition) is 4. The first-order valence-corrected chi connectivity index (χ1v) is 6.68. The van der Waals surface area contributed by atoms with Crippen molar-refractivity contribution in [3.63, 3.8) is 0 Å². The minimum absolute atomic E-state index is 0.0600. The minimum Gasteiger partial charge on any atom is -0.490 e. The molecule has 0 fully saturated rings. The molecule has 110 valence electrons. The summed E-state index contributed by atoms with van der Waals surface area (Å²) >= 11 is 0. The van der Waals surface area contributed by atoms with Gasteiger partial charge in [0.25, 0.3) is 5.91 Å². The van der Waals surface area contributed by atoms with Crippen LogP contribution < -0.4 is 20.5 Å². The average molecular weight is 278 g/mol. The molecule has 0 heterocycles. The van der Waals surface area contributed by atoms with Crippen LogP contribution in [0.3, 0.4) is 0 Å². The Morgan fingerprint density at radius 2 is 2.25 bits per heavy atom. The van der Waals surface area contributed by atoms with Crippen LogP contribution in [0.15, 0.2) is 30.9 Å². The van der Waals surface area contributed by atoms with E-state index in [-0.39, 0.29) is 12.5 Å². The summed E-state index contributed by atoms with van der Waals surface area (Å²) < 4.78 is 11.1. The first-order valence-electron chi connectivity index (χ1n) is 6.68. The summed E-state index contributed by atoms with van der Waals surface area (Å²) in [5.41, 5.74) is 6.53. The van der Waals surface area contributed by atoms with E-state index < -0.39 is 0 Å². The molecule has 20 heavy (non-hydrogen) atoms. The Morgan fingerprint density at radius 3 is 2.90 bits per heavy atom. The lowest BCUT2D eigenvalue weighted by Gasteiger charge is -2.15. The number of nitrogens with two attached hydrogens (primary N) is 1. The van der Waals surface area contributed by atoms with Crippen molar-refractivity contribution in [3.8, 4) is 11.5 Å². The number of para-hydroxylation sites is 1. The average Bonchev–Trinajstić information content (AvgIpc) is 2.45. The third-order valence-corrected chi connectivity index (χ3v) is 2.57. The van der Waals surface area contributed by atoms with Crippen molar-refractivity contribution in [2.45, 2.75) is 13.3 Å². The van der Waals surface area contributed by atoms with Crippen LogP contribution in [-0.2, 0) is 11.2 Å². The lowest BCUT2D eigenvalue weighted by Crippen LogP contribution is -2.29. The van der Waals surface area contributed by atoms with E-state index in [1.165, 1.54) is 0 Å². The Balaban J connectivity index is 2.78. The van der Waals surface area contributed by atoms with Gasteiger partial charge in [-0.2, -0.15) is 0 Å². The quantitative estimate of drug-likeness (QED) is 0.667. The largest absolute Gasteiger partial charge is 0.490 e. The molecule has 1 aromatic carbocycles. The maximum atomic E-state index is 11.6. The topological polar surface area (TPSA) is 73.6 Å². The van der Waals surface area contributed by atoms with Crippen molar-refractivity contribution in [2.75, 3.05) is 26.3 Å². The van der Waals surface area contributed by atoms with E-state index in [9.17, 15) is 4.79 Å². The second-order valence-electron chi connectivity index (χ2n) is 4.10. The predicted molar refractivity (Wildman–Crippen MR) is 79.1 cm³/mol. The van der Waals surface area contributed by atoms with E-state index in [2.05, 4.69) is 11.9 Å². The zero-order valence-corrected chi connectivity index (χ0v) is 11.9. The molecule has 0 atom stereocenters. The highest BCUT2D eigenvalue weighted by Crippen LogP contribution is 2.31. The Morgan fingerprint density at radius 1 is 1.45 bits per heavy atom. The first-order chi connectivity index (χ1) is 9.72. The normalized spacial score (nSPS) is 9.90. The smallest absolute Gasteiger partial charge is 0.258 e. The van der Waals surface area contributed by atoms with Gasteiger partial charge in [-0.25, -0.2) is 0 Å².